The zero-order valence-electron chi connectivity index (χ0n) is 18.9. The minimum absolute atomic E-state index is 0.879. The first-order valence-electron chi connectivity index (χ1n) is 10.3. The molecule has 0 aliphatic carbocycles. The van der Waals surface area contributed by atoms with Crippen LogP contribution in [0.3, 0.4) is 0 Å². The molecule has 23 heavy (non-hydrogen) atoms. The van der Waals surface area contributed by atoms with Gasteiger partial charge in [-0.2, -0.15) is 0 Å². The molecular formula is C21H27NO. The summed E-state index contributed by atoms with van der Waals surface area (Å²) in [7, 11) is 5.01. The topological polar surface area (TPSA) is 12.5 Å². The number of anilines is 2. The first-order valence-corrected chi connectivity index (χ1v) is 7.31. The maximum atomic E-state index is 5.75. The molecule has 3 rings (SSSR count). The van der Waals surface area contributed by atoms with E-state index in [0.29, 0.717) is 0 Å². The lowest BCUT2D eigenvalue weighted by molar-refractivity contribution is 0.415. The van der Waals surface area contributed by atoms with Crippen molar-refractivity contribution >= 4 is 11.4 Å². The molecule has 0 bridgehead atoms. The van der Waals surface area contributed by atoms with E-state index in [1.165, 1.54) is 29.9 Å². The maximum Gasteiger partial charge on any atom is 0.118 e. The molecular weight excluding hydrogens is 282 g/mol. The highest BCUT2D eigenvalue weighted by Gasteiger charge is 2.04. The molecule has 3 aromatic rings. The van der Waals surface area contributed by atoms with Crippen LogP contribution in [0.1, 0.15) is 14.7 Å². The number of nitrogens with zero attached hydrogens (tertiary/aromatic N) is 1. The van der Waals surface area contributed by atoms with E-state index in [9.17, 15) is 0 Å². The molecule has 0 saturated carbocycles. The highest BCUT2D eigenvalue weighted by atomic mass is 16.5. The van der Waals surface area contributed by atoms with E-state index in [1.54, 1.807) is 7.11 Å². The van der Waals surface area contributed by atoms with Gasteiger partial charge in [-0.1, -0.05) is 49.9 Å². The monoisotopic (exact) mass is 314 g/mol. The van der Waals surface area contributed by atoms with Gasteiger partial charge in [-0.15, -0.1) is 0 Å². The molecule has 122 valence electrons. The molecule has 0 aliphatic heterocycles. The average molecular weight is 314 g/mol. The van der Waals surface area contributed by atoms with Crippen LogP contribution < -0.4 is 9.64 Å². The molecule has 0 spiro atoms. The van der Waals surface area contributed by atoms with Gasteiger partial charge in [-0.05, 0) is 47.5 Å². The fraction of sp³-hybridized carbons (Fsp3) is 0.143. The second kappa shape index (κ2) is 7.50. The Morgan fingerprint density at radius 3 is 1.83 bits per heavy atom. The summed E-state index contributed by atoms with van der Waals surface area (Å²) in [5, 5.41) is 0. The van der Waals surface area contributed by atoms with Crippen molar-refractivity contribution in [3.05, 3.63) is 78.9 Å². The van der Waals surface area contributed by atoms with Gasteiger partial charge >= 0.3 is 0 Å². The highest BCUT2D eigenvalue weighted by molar-refractivity contribution is 5.69. The first-order chi connectivity index (χ1) is 13.8. The van der Waals surface area contributed by atoms with Gasteiger partial charge in [-0.3, -0.25) is 0 Å². The average Bonchev–Trinajstić information content (AvgIpc) is 2.83. The Morgan fingerprint density at radius 2 is 1.30 bits per heavy atom. The predicted octanol–water partition coefficient (Wildman–Crippen LogP) is 6.26. The molecule has 0 aliphatic rings. The van der Waals surface area contributed by atoms with Crippen molar-refractivity contribution in [3.63, 3.8) is 0 Å². The number of hydrogen-bond acceptors (Lipinski definition) is 2. The van der Waals surface area contributed by atoms with Crippen LogP contribution in [0.25, 0.3) is 11.1 Å². The number of ether oxygens (including phenoxy) is 1. The second-order valence-corrected chi connectivity index (χ2v) is 5.17. The third-order valence-corrected chi connectivity index (χ3v) is 3.82. The van der Waals surface area contributed by atoms with Crippen LogP contribution in [0.5, 0.6) is 5.75 Å². The lowest BCUT2D eigenvalue weighted by atomic mass is 10.1. The molecule has 0 amide bonds. The van der Waals surface area contributed by atoms with E-state index in [-0.39, 0.29) is 0 Å². The van der Waals surface area contributed by atoms with Crippen molar-refractivity contribution in [2.45, 2.75) is 7.40 Å². The van der Waals surface area contributed by atoms with E-state index in [1.807, 2.05) is 18.2 Å². The lowest BCUT2D eigenvalue weighted by Crippen LogP contribution is -2.08. The number of methoxy groups -OCH3 is 1. The van der Waals surface area contributed by atoms with Crippen molar-refractivity contribution in [3.8, 4) is 16.9 Å². The highest BCUT2D eigenvalue weighted by Crippen LogP contribution is 2.27. The smallest absolute Gasteiger partial charge is 0.118 e. The molecule has 0 N–H and O–H groups in total. The summed E-state index contributed by atoms with van der Waals surface area (Å²) >= 11 is 0. The van der Waals surface area contributed by atoms with Crippen molar-refractivity contribution in [2.75, 3.05) is 19.1 Å². The van der Waals surface area contributed by atoms with Gasteiger partial charge in [0.2, 0.25) is 0 Å². The van der Waals surface area contributed by atoms with Crippen LogP contribution in [-0.2, 0) is 0 Å². The normalized spacial score (nSPS) is 10.8. The SMILES string of the molecule is COc1ccc(-c2ccc(N(C)c3ccccc3)cc2)cc1.[2H]C.[2H][2H].[2H][2H]. The zero-order chi connectivity index (χ0) is 21.4. The van der Waals surface area contributed by atoms with Gasteiger partial charge < -0.3 is 9.64 Å². The molecule has 0 unspecified atom stereocenters. The Hall–Kier alpha value is -2.74. The van der Waals surface area contributed by atoms with Crippen LogP contribution in [0, 0.1) is 0 Å². The molecule has 0 aromatic heterocycles. The Morgan fingerprint density at radius 1 is 0.826 bits per heavy atom. The fourth-order valence-corrected chi connectivity index (χ4v) is 2.46. The number of benzene rings is 3. The number of rotatable bonds is 4. The fourth-order valence-electron chi connectivity index (χ4n) is 2.46. The Bertz CT molecular complexity index is 737. The minimum Gasteiger partial charge on any atom is -0.497 e. The van der Waals surface area contributed by atoms with Crippen molar-refractivity contribution in [2.24, 2.45) is 0 Å². The van der Waals surface area contributed by atoms with E-state index in [0.717, 1.165) is 5.75 Å². The van der Waals surface area contributed by atoms with Gasteiger partial charge in [0.05, 0.1) is 7.11 Å². The van der Waals surface area contributed by atoms with E-state index >= 15 is 0 Å². The van der Waals surface area contributed by atoms with Crippen LogP contribution >= 0.6 is 0 Å². The molecule has 0 radical (unpaired) electrons. The zero-order valence-corrected chi connectivity index (χ0v) is 13.9. The van der Waals surface area contributed by atoms with Crippen molar-refractivity contribution in [1.82, 2.24) is 0 Å². The third-order valence-electron chi connectivity index (χ3n) is 3.82. The van der Waals surface area contributed by atoms with Crippen LogP contribution in [0.2, 0.25) is 0 Å². The van der Waals surface area contributed by atoms with Crippen molar-refractivity contribution in [1.29, 1.82) is 0 Å². The summed E-state index contributed by atoms with van der Waals surface area (Å²) in [6.45, 7) is 0. The van der Waals surface area contributed by atoms with Crippen LogP contribution in [0.4, 0.5) is 11.4 Å². The standard InChI is InChI=1S/C20H19NO.CH4.2H2/c1-21(18-6-4-3-5-7-18)19-12-8-16(9-13-19)17-10-14-20(22-2)15-11-17;;;/h3-15H,1-2H3;1H4;2*1H/i;1D;2*1+1D. The third kappa shape index (κ3) is 3.72. The second-order valence-electron chi connectivity index (χ2n) is 5.17. The Labute approximate surface area is 146 Å². The minimum atomic E-state index is 0.879. The number of para-hydroxylation sites is 1. The summed E-state index contributed by atoms with van der Waals surface area (Å²) in [4.78, 5) is 2.18. The summed E-state index contributed by atoms with van der Waals surface area (Å²) in [6, 6.07) is 27.1. The molecule has 0 heterocycles. The number of hydrogen-bond donors (Lipinski definition) is 0. The van der Waals surface area contributed by atoms with Gasteiger partial charge in [0.1, 0.15) is 5.75 Å². The summed E-state index contributed by atoms with van der Waals surface area (Å²) in [6.07, 6.45) is 0. The van der Waals surface area contributed by atoms with Crippen LogP contribution in [0.15, 0.2) is 78.9 Å². The first kappa shape index (κ1) is 12.8. The molecule has 3 aromatic carbocycles. The summed E-state index contributed by atoms with van der Waals surface area (Å²) < 4.78 is 30.9. The van der Waals surface area contributed by atoms with Gasteiger partial charge in [0.25, 0.3) is 0 Å². The van der Waals surface area contributed by atoms with E-state index in [4.69, 9.17) is 12.0 Å². The van der Waals surface area contributed by atoms with E-state index in [2.05, 4.69) is 72.6 Å². The molecule has 0 fully saturated rings. The maximum absolute atomic E-state index is 5.75. The van der Waals surface area contributed by atoms with Gasteiger partial charge in [0.15, 0.2) is 0 Å². The quantitative estimate of drug-likeness (QED) is 0.563. The van der Waals surface area contributed by atoms with E-state index < -0.39 is 0 Å². The predicted molar refractivity (Wildman–Crippen MR) is 104 cm³/mol. The summed E-state index contributed by atoms with van der Waals surface area (Å²) in [5.41, 5.74) is 4.74. The largest absolute Gasteiger partial charge is 0.497 e. The lowest BCUT2D eigenvalue weighted by Gasteiger charge is -2.19. The summed E-state index contributed by atoms with van der Waals surface area (Å²) in [5.74, 6) is 0.879. The van der Waals surface area contributed by atoms with Gasteiger partial charge in [0, 0.05) is 25.7 Å². The molecule has 0 saturated heterocycles. The molecule has 2 nitrogen and oxygen atoms in total. The molecule has 2 heteroatoms. The van der Waals surface area contributed by atoms with Crippen LogP contribution in [-0.4, -0.2) is 14.2 Å². The molecule has 0 atom stereocenters. The van der Waals surface area contributed by atoms with Crippen molar-refractivity contribution < 1.29 is 12.0 Å². The Balaban J connectivity index is 0.00000111. The van der Waals surface area contributed by atoms with Gasteiger partial charge in [-0.25, -0.2) is 0 Å². The Kier molecular flexibility index (Phi) is 4.16.